The third-order valence-corrected chi connectivity index (χ3v) is 2.60. The van der Waals surface area contributed by atoms with E-state index in [0.717, 1.165) is 0 Å². The zero-order valence-corrected chi connectivity index (χ0v) is 8.29. The van der Waals surface area contributed by atoms with Crippen LogP contribution in [0.1, 0.15) is 0 Å². The molecule has 0 aliphatic rings. The molecule has 0 unspecified atom stereocenters. The van der Waals surface area contributed by atoms with E-state index in [1.807, 2.05) is 0 Å². The maximum Gasteiger partial charge on any atom is 0.239 e. The summed E-state index contributed by atoms with van der Waals surface area (Å²) in [5, 5.41) is 8.76. The average molecular weight is 225 g/mol. The molecule has 0 saturated heterocycles. The molecular formula is C7H7N5O2S. The first kappa shape index (κ1) is 9.74. The molecule has 8 heteroatoms. The Morgan fingerprint density at radius 3 is 2.60 bits per heavy atom. The minimum Gasteiger partial charge on any atom is -0.236 e. The van der Waals surface area contributed by atoms with Crippen molar-refractivity contribution < 1.29 is 8.42 Å². The van der Waals surface area contributed by atoms with Gasteiger partial charge in [0.05, 0.1) is 0 Å². The van der Waals surface area contributed by atoms with Crippen LogP contribution < -0.4 is 5.14 Å². The molecule has 0 aromatic carbocycles. The van der Waals surface area contributed by atoms with E-state index in [4.69, 9.17) is 5.14 Å². The van der Waals surface area contributed by atoms with Crippen LogP contribution in [0.2, 0.25) is 0 Å². The van der Waals surface area contributed by atoms with Gasteiger partial charge in [-0.15, -0.1) is 0 Å². The summed E-state index contributed by atoms with van der Waals surface area (Å²) >= 11 is 0. The molecule has 7 nitrogen and oxygen atoms in total. The van der Waals surface area contributed by atoms with Crippen LogP contribution in [0.5, 0.6) is 0 Å². The Hall–Kier alpha value is -1.80. The SMILES string of the molecule is NS(=O)(=O)c1ccc(-n2cncn2)nc1. The summed E-state index contributed by atoms with van der Waals surface area (Å²) in [5.74, 6) is 0.472. The summed E-state index contributed by atoms with van der Waals surface area (Å²) in [6, 6.07) is 2.85. The molecule has 0 spiro atoms. The van der Waals surface area contributed by atoms with E-state index in [1.165, 1.54) is 35.7 Å². The second kappa shape index (κ2) is 3.41. The van der Waals surface area contributed by atoms with E-state index in [1.54, 1.807) is 0 Å². The number of hydrogen-bond donors (Lipinski definition) is 1. The van der Waals surface area contributed by atoms with Crippen LogP contribution in [0.25, 0.3) is 5.82 Å². The highest BCUT2D eigenvalue weighted by Gasteiger charge is 2.08. The lowest BCUT2D eigenvalue weighted by molar-refractivity contribution is 0.597. The van der Waals surface area contributed by atoms with Crippen LogP contribution >= 0.6 is 0 Å². The van der Waals surface area contributed by atoms with Gasteiger partial charge in [-0.1, -0.05) is 0 Å². The number of aromatic nitrogens is 4. The lowest BCUT2D eigenvalue weighted by Gasteiger charge is -2.00. The third-order valence-electron chi connectivity index (χ3n) is 1.70. The molecule has 15 heavy (non-hydrogen) atoms. The fraction of sp³-hybridized carbons (Fsp3) is 0. The van der Waals surface area contributed by atoms with Gasteiger partial charge in [-0.2, -0.15) is 5.10 Å². The normalized spacial score (nSPS) is 11.5. The Morgan fingerprint density at radius 1 is 1.33 bits per heavy atom. The van der Waals surface area contributed by atoms with Crippen molar-refractivity contribution in [2.75, 3.05) is 0 Å². The Bertz CT molecular complexity index is 546. The van der Waals surface area contributed by atoms with Gasteiger partial charge >= 0.3 is 0 Å². The quantitative estimate of drug-likeness (QED) is 0.728. The molecule has 0 atom stereocenters. The lowest BCUT2D eigenvalue weighted by atomic mass is 10.5. The summed E-state index contributed by atoms with van der Waals surface area (Å²) in [7, 11) is -3.70. The topological polar surface area (TPSA) is 104 Å². The lowest BCUT2D eigenvalue weighted by Crippen LogP contribution is -2.12. The zero-order chi connectivity index (χ0) is 10.9. The minimum absolute atomic E-state index is 0.0358. The van der Waals surface area contributed by atoms with Crippen LogP contribution in [-0.2, 0) is 10.0 Å². The number of pyridine rings is 1. The Labute approximate surface area is 85.6 Å². The largest absolute Gasteiger partial charge is 0.239 e. The molecule has 0 amide bonds. The van der Waals surface area contributed by atoms with Crippen LogP contribution in [0.3, 0.4) is 0 Å². The second-order valence-electron chi connectivity index (χ2n) is 2.74. The van der Waals surface area contributed by atoms with E-state index >= 15 is 0 Å². The molecule has 0 radical (unpaired) electrons. The maximum absolute atomic E-state index is 10.9. The highest BCUT2D eigenvalue weighted by atomic mass is 32.2. The minimum atomic E-state index is -3.70. The number of rotatable bonds is 2. The number of primary sulfonamides is 1. The number of nitrogens with zero attached hydrogens (tertiary/aromatic N) is 4. The molecule has 0 aliphatic carbocycles. The molecule has 2 heterocycles. The van der Waals surface area contributed by atoms with Crippen molar-refractivity contribution in [1.82, 2.24) is 19.7 Å². The van der Waals surface area contributed by atoms with E-state index in [2.05, 4.69) is 15.1 Å². The molecule has 2 aromatic rings. The van der Waals surface area contributed by atoms with Crippen LogP contribution in [0, 0.1) is 0 Å². The Morgan fingerprint density at radius 2 is 2.13 bits per heavy atom. The second-order valence-corrected chi connectivity index (χ2v) is 4.30. The van der Waals surface area contributed by atoms with Gasteiger partial charge in [-0.25, -0.2) is 28.2 Å². The molecular weight excluding hydrogens is 218 g/mol. The maximum atomic E-state index is 10.9. The first-order valence-electron chi connectivity index (χ1n) is 3.91. The van der Waals surface area contributed by atoms with Crippen LogP contribution in [-0.4, -0.2) is 28.2 Å². The van der Waals surface area contributed by atoms with Crippen LogP contribution in [0.15, 0.2) is 35.9 Å². The molecule has 0 fully saturated rings. The van der Waals surface area contributed by atoms with Gasteiger partial charge in [0.2, 0.25) is 10.0 Å². The van der Waals surface area contributed by atoms with Crippen molar-refractivity contribution in [1.29, 1.82) is 0 Å². The van der Waals surface area contributed by atoms with Gasteiger partial charge in [0, 0.05) is 6.20 Å². The monoisotopic (exact) mass is 225 g/mol. The number of sulfonamides is 1. The first-order valence-corrected chi connectivity index (χ1v) is 5.46. The van der Waals surface area contributed by atoms with Crippen molar-refractivity contribution in [3.63, 3.8) is 0 Å². The summed E-state index contributed by atoms with van der Waals surface area (Å²) < 4.78 is 23.3. The highest BCUT2D eigenvalue weighted by molar-refractivity contribution is 7.89. The van der Waals surface area contributed by atoms with Crippen molar-refractivity contribution in [2.24, 2.45) is 5.14 Å². The van der Waals surface area contributed by atoms with Gasteiger partial charge in [-0.3, -0.25) is 0 Å². The fourth-order valence-electron chi connectivity index (χ4n) is 1.00. The predicted molar refractivity (Wildman–Crippen MR) is 50.5 cm³/mol. The van der Waals surface area contributed by atoms with Crippen molar-refractivity contribution >= 4 is 10.0 Å². The fourth-order valence-corrected chi connectivity index (χ4v) is 1.46. The number of nitrogens with two attached hydrogens (primary N) is 1. The van der Waals surface area contributed by atoms with Crippen LogP contribution in [0.4, 0.5) is 0 Å². The smallest absolute Gasteiger partial charge is 0.236 e. The molecule has 2 rings (SSSR count). The molecule has 0 aliphatic heterocycles. The van der Waals surface area contributed by atoms with Gasteiger partial charge in [0.1, 0.15) is 17.6 Å². The summed E-state index contributed by atoms with van der Waals surface area (Å²) in [6.45, 7) is 0. The Kier molecular flexibility index (Phi) is 2.21. The molecule has 78 valence electrons. The van der Waals surface area contributed by atoms with Gasteiger partial charge in [0.15, 0.2) is 5.82 Å². The standard InChI is InChI=1S/C7H7N5O2S/c8-15(13,14)6-1-2-7(10-3-6)12-5-9-4-11-12/h1-5H,(H2,8,13,14). The third kappa shape index (κ3) is 2.00. The Balaban J connectivity index is 2.42. The average Bonchev–Trinajstić information content (AvgIpc) is 2.69. The van der Waals surface area contributed by atoms with Crippen molar-refractivity contribution in [3.05, 3.63) is 31.0 Å². The summed E-state index contributed by atoms with van der Waals surface area (Å²) in [4.78, 5) is 7.59. The van der Waals surface area contributed by atoms with Crippen molar-refractivity contribution in [3.8, 4) is 5.82 Å². The van der Waals surface area contributed by atoms with Crippen molar-refractivity contribution in [2.45, 2.75) is 4.90 Å². The van der Waals surface area contributed by atoms with E-state index in [-0.39, 0.29) is 4.90 Å². The first-order chi connectivity index (χ1) is 7.07. The van der Waals surface area contributed by atoms with Gasteiger partial charge in [0.25, 0.3) is 0 Å². The molecule has 0 saturated carbocycles. The highest BCUT2D eigenvalue weighted by Crippen LogP contribution is 2.07. The number of hydrogen-bond acceptors (Lipinski definition) is 5. The summed E-state index contributed by atoms with van der Waals surface area (Å²) in [5.41, 5.74) is 0. The summed E-state index contributed by atoms with van der Waals surface area (Å²) in [6.07, 6.45) is 3.99. The van der Waals surface area contributed by atoms with Gasteiger partial charge < -0.3 is 0 Å². The van der Waals surface area contributed by atoms with E-state index in [0.29, 0.717) is 5.82 Å². The van der Waals surface area contributed by atoms with E-state index in [9.17, 15) is 8.42 Å². The zero-order valence-electron chi connectivity index (χ0n) is 7.48. The molecule has 0 bridgehead atoms. The van der Waals surface area contributed by atoms with E-state index < -0.39 is 10.0 Å². The predicted octanol–water partition coefficient (Wildman–Crippen LogP) is -0.690. The molecule has 2 aromatic heterocycles. The van der Waals surface area contributed by atoms with Gasteiger partial charge in [-0.05, 0) is 12.1 Å². The molecule has 2 N–H and O–H groups in total.